The molecule has 210 valence electrons. The van der Waals surface area contributed by atoms with Crippen LogP contribution in [-0.2, 0) is 5.11 Å². The third-order valence-electron chi connectivity index (χ3n) is 9.74. The molecule has 7 aromatic carbocycles. The fraction of sp³-hybridized carbons (Fsp3) is 0.0263. The van der Waals surface area contributed by atoms with Crippen molar-refractivity contribution in [1.82, 2.24) is 9.55 Å². The van der Waals surface area contributed by atoms with Crippen LogP contribution in [-0.4, -0.2) is 95.9 Å². The van der Waals surface area contributed by atoms with Crippen LogP contribution in [0.15, 0.2) is 91.0 Å². The smallest absolute Gasteiger partial charge is 0.113 e. The van der Waals surface area contributed by atoms with Crippen LogP contribution >= 0.6 is 0 Å². The summed E-state index contributed by atoms with van der Waals surface area (Å²) in [6.07, 6.45) is 0. The lowest BCUT2D eigenvalue weighted by molar-refractivity contribution is 0.929. The summed E-state index contributed by atoms with van der Waals surface area (Å²) in [6.45, 7) is 0. The highest BCUT2D eigenvalue weighted by Crippen LogP contribution is 2.43. The van der Waals surface area contributed by atoms with Gasteiger partial charge in [-0.15, -0.1) is 21.9 Å². The molecule has 0 aliphatic carbocycles. The van der Waals surface area contributed by atoms with E-state index in [0.29, 0.717) is 49.4 Å². The van der Waals surface area contributed by atoms with E-state index < -0.39 is 5.11 Å². The van der Waals surface area contributed by atoms with Gasteiger partial charge in [-0.05, 0) is 78.8 Å². The zero-order valence-corrected chi connectivity index (χ0v) is 27.4. The number of hydrogen-bond acceptors (Lipinski definition) is 1. The largest absolute Gasteiger partial charge is 0.298 e. The Morgan fingerprint density at radius 1 is 0.471 bits per heavy atom. The standard InChI is InChI=1S/C38H15B11N2/c39-29-25-23(17-12-14-18(15-13-17)51-22-11-4-3-10-21(22)50-37(51)38(47,48)49)26-28(32(42)36(46)34(44)30(26)40)24(27(25)31(41)35(45)33(29)43)20-9-5-7-16-6-1-2-8-19(16)20/h1-15H. The zero-order valence-electron chi connectivity index (χ0n) is 27.4. The van der Waals surface area contributed by atoms with E-state index in [1.54, 1.807) is 0 Å². The van der Waals surface area contributed by atoms with Gasteiger partial charge in [0.2, 0.25) is 0 Å². The van der Waals surface area contributed by atoms with Gasteiger partial charge in [0.15, 0.2) is 0 Å². The molecular formula is C38H15B11N2. The van der Waals surface area contributed by atoms with Crippen LogP contribution in [0.1, 0.15) is 5.82 Å². The van der Waals surface area contributed by atoms with E-state index in [2.05, 4.69) is 4.98 Å². The SMILES string of the molecule is [B]c1c([B])c([B])c2c(-c3cccc4ccccc34)c3c([B])c([B])c([B])c([B])c3c(-c3ccc(-n4c(C([B])([B])[B])nc5ccccc54)cc3)c2c1[B]. The Hall–Kier alpha value is -4.50. The molecule has 0 aliphatic heterocycles. The van der Waals surface area contributed by atoms with Gasteiger partial charge in [0.05, 0.1) is 40.4 Å². The van der Waals surface area contributed by atoms with Crippen molar-refractivity contribution in [2.24, 2.45) is 0 Å². The van der Waals surface area contributed by atoms with E-state index in [0.717, 1.165) is 21.9 Å². The zero-order chi connectivity index (χ0) is 36.1. The summed E-state index contributed by atoms with van der Waals surface area (Å²) in [7, 11) is 72.5. The van der Waals surface area contributed by atoms with Crippen LogP contribution in [0.2, 0.25) is 0 Å². The molecule has 0 N–H and O–H groups in total. The van der Waals surface area contributed by atoms with Crippen molar-refractivity contribution in [1.29, 1.82) is 0 Å². The quantitative estimate of drug-likeness (QED) is 0.179. The summed E-state index contributed by atoms with van der Waals surface area (Å²) in [6, 6.07) is 29.0. The third-order valence-corrected chi connectivity index (χ3v) is 9.74. The van der Waals surface area contributed by atoms with Crippen molar-refractivity contribution in [3.63, 3.8) is 0 Å². The Balaban J connectivity index is 1.55. The summed E-state index contributed by atoms with van der Waals surface area (Å²) in [5, 5.41) is 2.32. The molecule has 8 aromatic rings. The maximum atomic E-state index is 6.93. The van der Waals surface area contributed by atoms with Gasteiger partial charge < -0.3 is 0 Å². The normalized spacial score (nSPS) is 12.0. The maximum Gasteiger partial charge on any atom is 0.113 e. The molecular weight excluding hydrogens is 603 g/mol. The first-order chi connectivity index (χ1) is 24.3. The number of benzene rings is 7. The summed E-state index contributed by atoms with van der Waals surface area (Å²) in [4.78, 5) is 4.64. The predicted octanol–water partition coefficient (Wildman–Crippen LogP) is -1.21. The number of rotatable bonds is 4. The van der Waals surface area contributed by atoms with Gasteiger partial charge in [-0.25, -0.2) is 4.98 Å². The fourth-order valence-electron chi connectivity index (χ4n) is 7.30. The van der Waals surface area contributed by atoms with Crippen molar-refractivity contribution < 1.29 is 0 Å². The number of imidazole rings is 1. The Bertz CT molecular complexity index is 2680. The van der Waals surface area contributed by atoms with Crippen molar-refractivity contribution >= 4 is 173 Å². The first kappa shape index (κ1) is 33.6. The van der Waals surface area contributed by atoms with E-state index >= 15 is 0 Å². The lowest BCUT2D eigenvalue weighted by atomic mass is 9.42. The Morgan fingerprint density at radius 2 is 0.961 bits per heavy atom. The molecule has 1 aromatic heterocycles. The monoisotopic (exact) mass is 620 g/mol. The molecule has 0 atom stereocenters. The average Bonchev–Trinajstić information content (AvgIpc) is 3.54. The van der Waals surface area contributed by atoms with E-state index in [1.807, 2.05) is 95.6 Å². The molecule has 2 nitrogen and oxygen atoms in total. The fourth-order valence-corrected chi connectivity index (χ4v) is 7.30. The van der Waals surface area contributed by atoms with Gasteiger partial charge in [0, 0.05) is 5.69 Å². The third kappa shape index (κ3) is 4.98. The Morgan fingerprint density at radius 3 is 1.53 bits per heavy atom. The maximum absolute atomic E-state index is 6.93. The van der Waals surface area contributed by atoms with Gasteiger partial charge in [-0.1, -0.05) is 93.7 Å². The average molecular weight is 618 g/mol. The molecule has 22 radical (unpaired) electrons. The van der Waals surface area contributed by atoms with Crippen LogP contribution in [0.5, 0.6) is 0 Å². The number of fused-ring (bicyclic) bond motifs is 4. The molecule has 13 heteroatoms. The number of para-hydroxylation sites is 2. The minimum Gasteiger partial charge on any atom is -0.298 e. The van der Waals surface area contributed by atoms with Crippen molar-refractivity contribution in [3.05, 3.63) is 96.8 Å². The Kier molecular flexibility index (Phi) is 7.94. The second kappa shape index (κ2) is 12.0. The van der Waals surface area contributed by atoms with Gasteiger partial charge in [0.1, 0.15) is 62.8 Å². The number of hydrogen-bond donors (Lipinski definition) is 0. The van der Waals surface area contributed by atoms with Crippen molar-refractivity contribution in [2.75, 3.05) is 0 Å². The van der Waals surface area contributed by atoms with Crippen LogP contribution < -0.4 is 43.7 Å². The first-order valence-electron chi connectivity index (χ1n) is 16.0. The molecule has 8 rings (SSSR count). The molecule has 1 heterocycles. The second-order valence-corrected chi connectivity index (χ2v) is 12.8. The molecule has 0 saturated carbocycles. The minimum absolute atomic E-state index is 0.135. The van der Waals surface area contributed by atoms with Crippen molar-refractivity contribution in [2.45, 2.75) is 5.11 Å². The molecule has 0 amide bonds. The van der Waals surface area contributed by atoms with Gasteiger partial charge in [0.25, 0.3) is 0 Å². The number of aromatic nitrogens is 2. The van der Waals surface area contributed by atoms with Gasteiger partial charge in [-0.2, -0.15) is 0 Å². The highest BCUT2D eigenvalue weighted by atomic mass is 15.1. The highest BCUT2D eigenvalue weighted by molar-refractivity contribution is 6.71. The summed E-state index contributed by atoms with van der Waals surface area (Å²) >= 11 is 0. The van der Waals surface area contributed by atoms with E-state index in [4.69, 9.17) is 86.3 Å². The van der Waals surface area contributed by atoms with Gasteiger partial charge in [-0.3, -0.25) is 4.57 Å². The van der Waals surface area contributed by atoms with E-state index in [1.165, 1.54) is 0 Å². The molecule has 0 bridgehead atoms. The lowest BCUT2D eigenvalue weighted by Gasteiger charge is -2.29. The Labute approximate surface area is 311 Å². The molecule has 0 spiro atoms. The summed E-state index contributed by atoms with van der Waals surface area (Å²) < 4.78 is 1.81. The molecule has 0 saturated heterocycles. The van der Waals surface area contributed by atoms with E-state index in [9.17, 15) is 0 Å². The topological polar surface area (TPSA) is 17.8 Å². The molecule has 51 heavy (non-hydrogen) atoms. The van der Waals surface area contributed by atoms with Gasteiger partial charge >= 0.3 is 0 Å². The van der Waals surface area contributed by atoms with E-state index in [-0.39, 0.29) is 49.5 Å². The van der Waals surface area contributed by atoms with Crippen LogP contribution in [0.4, 0.5) is 0 Å². The summed E-state index contributed by atoms with van der Waals surface area (Å²) in [5.41, 5.74) is 6.32. The number of nitrogens with zero attached hydrogens (tertiary/aromatic N) is 2. The highest BCUT2D eigenvalue weighted by Gasteiger charge is 2.26. The summed E-state index contributed by atoms with van der Waals surface area (Å²) in [5.74, 6) is 0.271. The first-order valence-corrected chi connectivity index (χ1v) is 16.0. The molecule has 0 aliphatic rings. The molecule has 0 unspecified atom stereocenters. The molecule has 0 fully saturated rings. The lowest BCUT2D eigenvalue weighted by Crippen LogP contribution is -2.50. The minimum atomic E-state index is -1.73. The van der Waals surface area contributed by atoms with Crippen molar-refractivity contribution in [3.8, 4) is 27.9 Å². The predicted molar refractivity (Wildman–Crippen MR) is 227 cm³/mol. The second-order valence-electron chi connectivity index (χ2n) is 12.8. The van der Waals surface area contributed by atoms with Crippen LogP contribution in [0, 0.1) is 0 Å². The van der Waals surface area contributed by atoms with Crippen LogP contribution in [0.25, 0.3) is 71.3 Å². The van der Waals surface area contributed by atoms with Crippen LogP contribution in [0.3, 0.4) is 0 Å².